The molecule has 4 atom stereocenters. The van der Waals surface area contributed by atoms with Gasteiger partial charge in [0.05, 0.1) is 12.0 Å². The third-order valence-corrected chi connectivity index (χ3v) is 15.2. The zero-order valence-corrected chi connectivity index (χ0v) is 35.3. The maximum absolute atomic E-state index is 7.23. The zero-order chi connectivity index (χ0) is 40.2. The van der Waals surface area contributed by atoms with Crippen LogP contribution in [0.3, 0.4) is 0 Å². The summed E-state index contributed by atoms with van der Waals surface area (Å²) in [6.45, 7) is 3.49. The first-order chi connectivity index (χ1) is 29.6. The molecule has 1 saturated carbocycles. The average molecular weight is 803 g/mol. The van der Waals surface area contributed by atoms with Crippen molar-refractivity contribution in [1.82, 2.24) is 0 Å². The highest BCUT2D eigenvalue weighted by Crippen LogP contribution is 2.53. The third kappa shape index (κ3) is 6.88. The number of fused-ring (bicyclic) bond motifs is 3. The average Bonchev–Trinajstić information content (AvgIpc) is 3.30. The van der Waals surface area contributed by atoms with E-state index in [1.165, 1.54) is 65.8 Å². The summed E-state index contributed by atoms with van der Waals surface area (Å²) in [6, 6.07) is 26.0. The minimum atomic E-state index is 0.129. The molecule has 0 amide bonds. The molecule has 6 aliphatic carbocycles. The lowest BCUT2D eigenvalue weighted by Gasteiger charge is -2.43. The smallest absolute Gasteiger partial charge is 0.128 e. The molecule has 6 heterocycles. The van der Waals surface area contributed by atoms with Gasteiger partial charge in [0, 0.05) is 45.3 Å². The Labute approximate surface area is 359 Å². The Bertz CT molecular complexity index is 2810. The van der Waals surface area contributed by atoms with Crippen LogP contribution in [0.1, 0.15) is 71.1 Å². The Balaban J connectivity index is 1.03. The van der Waals surface area contributed by atoms with Gasteiger partial charge in [0.15, 0.2) is 0 Å². The zero-order valence-electron chi connectivity index (χ0n) is 34.5. The van der Waals surface area contributed by atoms with Crippen LogP contribution in [-0.2, 0) is 0 Å². The van der Waals surface area contributed by atoms with Crippen molar-refractivity contribution in [3.8, 4) is 22.6 Å². The monoisotopic (exact) mass is 802 g/mol. The van der Waals surface area contributed by atoms with Gasteiger partial charge in [-0.15, -0.1) is 11.6 Å². The van der Waals surface area contributed by atoms with E-state index in [0.717, 1.165) is 77.0 Å². The van der Waals surface area contributed by atoms with Gasteiger partial charge in [-0.1, -0.05) is 119 Å². The van der Waals surface area contributed by atoms with Crippen LogP contribution < -0.4 is 9.47 Å². The molecule has 0 radical (unpaired) electrons. The van der Waals surface area contributed by atoms with Gasteiger partial charge in [0.25, 0.3) is 0 Å². The van der Waals surface area contributed by atoms with Gasteiger partial charge in [-0.3, -0.25) is 0 Å². The van der Waals surface area contributed by atoms with Gasteiger partial charge in [0.2, 0.25) is 0 Å². The van der Waals surface area contributed by atoms with Crippen LogP contribution in [0, 0.1) is 29.6 Å². The molecule has 0 aromatic heterocycles. The molecule has 4 unspecified atom stereocenters. The fraction of sp³-hybridized carbons (Fsp3) is 0.333. The summed E-state index contributed by atoms with van der Waals surface area (Å²) in [4.78, 5) is 0. The summed E-state index contributed by atoms with van der Waals surface area (Å²) >= 11 is 7.23. The second kappa shape index (κ2) is 15.9. The second-order valence-corrected chi connectivity index (χ2v) is 18.7. The summed E-state index contributed by atoms with van der Waals surface area (Å²) in [5.74, 6) is 4.26. The first-order valence-corrected chi connectivity index (χ1v) is 22.9. The minimum Gasteiger partial charge on any atom is -0.493 e. The summed E-state index contributed by atoms with van der Waals surface area (Å²) < 4.78 is 13.8. The summed E-state index contributed by atoms with van der Waals surface area (Å²) in [7, 11) is 0. The van der Waals surface area contributed by atoms with Gasteiger partial charge >= 0.3 is 0 Å². The molecule has 3 heteroatoms. The van der Waals surface area contributed by atoms with E-state index in [1.54, 1.807) is 16.7 Å². The topological polar surface area (TPSA) is 18.5 Å². The molecule has 6 aliphatic heterocycles. The first-order valence-electron chi connectivity index (χ1n) is 22.5. The number of hydrogen-bond donors (Lipinski definition) is 0. The highest BCUT2D eigenvalue weighted by atomic mass is 35.5. The SMILES string of the molecule is CC1CCC2C3=C=C=C(C=C3)C3=C=C=C(C=C3)COc3ccc4ccccc4c3-c3c(ccc4ccccc34)OCC3CCC(CC3)C3=CC=C(CC3)C3CCC(Cl)C1=C23. The summed E-state index contributed by atoms with van der Waals surface area (Å²) in [5, 5.41) is 4.81. The molecule has 0 spiro atoms. The Hall–Kier alpha value is -5.41. The maximum Gasteiger partial charge on any atom is 0.128 e. The van der Waals surface area contributed by atoms with Gasteiger partial charge in [-0.2, -0.15) is 0 Å². The van der Waals surface area contributed by atoms with Gasteiger partial charge < -0.3 is 9.47 Å². The van der Waals surface area contributed by atoms with Crippen LogP contribution >= 0.6 is 11.6 Å². The van der Waals surface area contributed by atoms with E-state index in [2.05, 4.69) is 139 Å². The fourth-order valence-corrected chi connectivity index (χ4v) is 12.0. The highest BCUT2D eigenvalue weighted by molar-refractivity contribution is 6.22. The van der Waals surface area contributed by atoms with E-state index in [0.29, 0.717) is 36.2 Å². The normalized spacial score (nSPS) is 27.2. The molecule has 16 rings (SSSR count). The lowest BCUT2D eigenvalue weighted by Crippen LogP contribution is -2.33. The van der Waals surface area contributed by atoms with Crippen molar-refractivity contribution in [2.45, 2.75) is 76.5 Å². The highest BCUT2D eigenvalue weighted by Gasteiger charge is 2.41. The number of halogens is 1. The van der Waals surface area contributed by atoms with E-state index in [1.807, 2.05) is 0 Å². The molecule has 12 aliphatic rings. The Morgan fingerprint density at radius 1 is 0.567 bits per heavy atom. The molecule has 4 aromatic carbocycles. The molecule has 4 aromatic rings. The first kappa shape index (κ1) is 37.6. The van der Waals surface area contributed by atoms with Crippen molar-refractivity contribution in [3.63, 3.8) is 0 Å². The van der Waals surface area contributed by atoms with E-state index in [4.69, 9.17) is 21.1 Å². The molecular formula is C57H51ClO2. The van der Waals surface area contributed by atoms with E-state index in [-0.39, 0.29) is 5.38 Å². The van der Waals surface area contributed by atoms with E-state index >= 15 is 0 Å². The van der Waals surface area contributed by atoms with Crippen molar-refractivity contribution >= 4 is 33.1 Å². The second-order valence-electron chi connectivity index (χ2n) is 18.1. The maximum atomic E-state index is 7.23. The molecule has 298 valence electrons. The van der Waals surface area contributed by atoms with Crippen LogP contribution in [0.15, 0.2) is 177 Å². The van der Waals surface area contributed by atoms with Crippen LogP contribution in [0.25, 0.3) is 32.7 Å². The van der Waals surface area contributed by atoms with Crippen molar-refractivity contribution in [3.05, 3.63) is 177 Å². The Morgan fingerprint density at radius 3 is 1.88 bits per heavy atom. The van der Waals surface area contributed by atoms with Gasteiger partial charge in [-0.25, -0.2) is 0 Å². The summed E-state index contributed by atoms with van der Waals surface area (Å²) in [6.07, 6.45) is 25.5. The lowest BCUT2D eigenvalue weighted by atomic mass is 9.62. The Morgan fingerprint density at radius 2 is 1.22 bits per heavy atom. The number of ether oxygens (including phenoxy) is 2. The summed E-state index contributed by atoms with van der Waals surface area (Å²) in [5.41, 5.74) is 26.8. The molecule has 2 nitrogen and oxygen atoms in total. The van der Waals surface area contributed by atoms with Gasteiger partial charge in [-0.05, 0) is 146 Å². The van der Waals surface area contributed by atoms with Crippen molar-refractivity contribution < 1.29 is 9.47 Å². The molecular weight excluding hydrogens is 752 g/mol. The number of rotatable bonds is 0. The van der Waals surface area contributed by atoms with Crippen LogP contribution in [0.4, 0.5) is 0 Å². The number of hydrogen-bond acceptors (Lipinski definition) is 2. The van der Waals surface area contributed by atoms with Crippen molar-refractivity contribution in [1.29, 1.82) is 0 Å². The molecule has 60 heavy (non-hydrogen) atoms. The minimum absolute atomic E-state index is 0.129. The number of alkyl halides is 1. The number of allylic oxidation sites excluding steroid dienone is 12. The quantitative estimate of drug-likeness (QED) is 0.100. The third-order valence-electron chi connectivity index (χ3n) is 14.7. The molecule has 1 fully saturated rings. The van der Waals surface area contributed by atoms with E-state index < -0.39 is 0 Å². The standard InChI is InChI=1S/C57H51ClO2/c1-36-10-29-49-45-23-19-41(20-24-45)39-15-11-37(12-16-39)34-59-52-32-27-43-6-2-4-8-47(43)56(52)57-48-9-5-3-7-44(48)28-33-53(57)60-35-38-13-17-40(18-14-38)42-21-25-46(26-22-42)50-30-31-51(58)54(36)55(49)50/h2-9,11,15,19,21,23,25,27-28,32-33,36,38,40,49-51H,10,13-14,17-18,22,26,29-31,34-35H2,1H3. The predicted molar refractivity (Wildman–Crippen MR) is 246 cm³/mol. The largest absolute Gasteiger partial charge is 0.493 e. The molecule has 0 N–H and O–H groups in total. The fourth-order valence-electron chi connectivity index (χ4n) is 11.5. The van der Waals surface area contributed by atoms with Crippen LogP contribution in [0.5, 0.6) is 11.5 Å². The van der Waals surface area contributed by atoms with Crippen molar-refractivity contribution in [2.75, 3.05) is 13.2 Å². The Kier molecular flexibility index (Phi) is 9.95. The van der Waals surface area contributed by atoms with Crippen molar-refractivity contribution in [2.24, 2.45) is 29.6 Å². The van der Waals surface area contributed by atoms with Gasteiger partial charge in [0.1, 0.15) is 18.1 Å². The predicted octanol–water partition coefficient (Wildman–Crippen LogP) is 14.6. The van der Waals surface area contributed by atoms with Crippen LogP contribution in [-0.4, -0.2) is 18.6 Å². The molecule has 8 bridgehead atoms. The number of benzene rings is 4. The van der Waals surface area contributed by atoms with Crippen LogP contribution in [0.2, 0.25) is 0 Å². The van der Waals surface area contributed by atoms with E-state index in [9.17, 15) is 0 Å². The molecule has 0 saturated heterocycles. The lowest BCUT2D eigenvalue weighted by molar-refractivity contribution is 0.191.